The molecule has 0 radical (unpaired) electrons. The van der Waals surface area contributed by atoms with E-state index in [9.17, 15) is 9.59 Å². The molecule has 0 spiro atoms. The lowest BCUT2D eigenvalue weighted by Gasteiger charge is -2.41. The Hall–Kier alpha value is -1.93. The first-order valence-electron chi connectivity index (χ1n) is 10.5. The van der Waals surface area contributed by atoms with E-state index < -0.39 is 0 Å². The summed E-state index contributed by atoms with van der Waals surface area (Å²) in [6.45, 7) is 6.51. The number of carbonyl (C=O) groups is 2. The third-order valence-corrected chi connectivity index (χ3v) is 5.93. The van der Waals surface area contributed by atoms with E-state index in [2.05, 4.69) is 20.4 Å². The summed E-state index contributed by atoms with van der Waals surface area (Å²) in [6.07, 6.45) is 4.75. The molecule has 1 aromatic rings. The minimum atomic E-state index is 0.0171. The van der Waals surface area contributed by atoms with Crippen molar-refractivity contribution in [2.45, 2.75) is 45.1 Å². The van der Waals surface area contributed by atoms with Gasteiger partial charge in [-0.3, -0.25) is 19.6 Å². The predicted molar refractivity (Wildman–Crippen MR) is 106 cm³/mol. The van der Waals surface area contributed by atoms with Crippen molar-refractivity contribution >= 4 is 11.8 Å². The Morgan fingerprint density at radius 1 is 1.29 bits per heavy atom. The molecular formula is C20H33N5O3. The molecule has 2 amide bonds. The zero-order valence-electron chi connectivity index (χ0n) is 17.1. The van der Waals surface area contributed by atoms with Gasteiger partial charge in [0.15, 0.2) is 0 Å². The summed E-state index contributed by atoms with van der Waals surface area (Å²) in [5.41, 5.74) is 1.50. The number of carbonyl (C=O) groups excluding carboxylic acids is 2. The molecule has 156 valence electrons. The highest BCUT2D eigenvalue weighted by Crippen LogP contribution is 2.24. The molecule has 2 N–H and O–H groups in total. The van der Waals surface area contributed by atoms with E-state index in [0.29, 0.717) is 24.9 Å². The number of rotatable bonds is 7. The van der Waals surface area contributed by atoms with Gasteiger partial charge in [0.1, 0.15) is 5.69 Å². The molecule has 8 nitrogen and oxygen atoms in total. The van der Waals surface area contributed by atoms with E-state index in [4.69, 9.17) is 4.74 Å². The van der Waals surface area contributed by atoms with Gasteiger partial charge in [-0.15, -0.1) is 0 Å². The second-order valence-electron chi connectivity index (χ2n) is 7.77. The molecule has 0 saturated carbocycles. The smallest absolute Gasteiger partial charge is 0.274 e. The zero-order valence-corrected chi connectivity index (χ0v) is 17.1. The Kier molecular flexibility index (Phi) is 7.44. The quantitative estimate of drug-likeness (QED) is 0.678. The van der Waals surface area contributed by atoms with Gasteiger partial charge in [-0.25, -0.2) is 0 Å². The molecular weight excluding hydrogens is 358 g/mol. The number of ether oxygens (including phenoxy) is 1. The number of nitrogens with one attached hydrogen (secondary N) is 2. The number of H-pyrrole nitrogens is 1. The number of piperidine rings is 2. The monoisotopic (exact) mass is 391 g/mol. The number of nitrogens with zero attached hydrogens (tertiary/aromatic N) is 3. The lowest BCUT2D eigenvalue weighted by molar-refractivity contribution is -0.127. The van der Waals surface area contributed by atoms with Gasteiger partial charge in [-0.1, -0.05) is 6.92 Å². The number of aromatic nitrogens is 2. The largest absolute Gasteiger partial charge is 0.383 e. The van der Waals surface area contributed by atoms with Gasteiger partial charge in [0.25, 0.3) is 5.91 Å². The zero-order chi connectivity index (χ0) is 19.9. The number of aromatic amines is 1. The van der Waals surface area contributed by atoms with Gasteiger partial charge in [0, 0.05) is 45.0 Å². The van der Waals surface area contributed by atoms with Crippen LogP contribution in [0.15, 0.2) is 6.07 Å². The molecule has 1 unspecified atom stereocenters. The van der Waals surface area contributed by atoms with Crippen LogP contribution in [0.2, 0.25) is 0 Å². The van der Waals surface area contributed by atoms with Crippen molar-refractivity contribution in [1.82, 2.24) is 25.3 Å². The minimum Gasteiger partial charge on any atom is -0.383 e. The highest BCUT2D eigenvalue weighted by atomic mass is 16.5. The second kappa shape index (κ2) is 10.0. The molecule has 1 aromatic heterocycles. The SMILES string of the molecule is CCc1cc(C(=O)N2CCC(N3CCCC(C(=O)NCCOC)C3)CC2)n[nH]1. The summed E-state index contributed by atoms with van der Waals surface area (Å²) in [5.74, 6) is 0.213. The molecule has 2 aliphatic heterocycles. The second-order valence-corrected chi connectivity index (χ2v) is 7.77. The van der Waals surface area contributed by atoms with Crippen molar-refractivity contribution in [3.63, 3.8) is 0 Å². The molecule has 8 heteroatoms. The van der Waals surface area contributed by atoms with Gasteiger partial charge in [0.2, 0.25) is 5.91 Å². The summed E-state index contributed by atoms with van der Waals surface area (Å²) in [4.78, 5) is 29.4. The van der Waals surface area contributed by atoms with Gasteiger partial charge in [0.05, 0.1) is 12.5 Å². The lowest BCUT2D eigenvalue weighted by Crippen LogP contribution is -2.51. The number of methoxy groups -OCH3 is 1. The third kappa shape index (κ3) is 5.11. The molecule has 3 heterocycles. The predicted octanol–water partition coefficient (Wildman–Crippen LogP) is 1.05. The van der Waals surface area contributed by atoms with Gasteiger partial charge in [-0.2, -0.15) is 5.10 Å². The van der Waals surface area contributed by atoms with Gasteiger partial charge < -0.3 is 15.0 Å². The molecule has 3 rings (SSSR count). The molecule has 1 atom stereocenters. The fourth-order valence-corrected chi connectivity index (χ4v) is 4.22. The van der Waals surface area contributed by atoms with Crippen molar-refractivity contribution < 1.29 is 14.3 Å². The Balaban J connectivity index is 1.47. The Labute approximate surface area is 167 Å². The Bertz CT molecular complexity index is 654. The number of likely N-dealkylation sites (tertiary alicyclic amines) is 2. The van der Waals surface area contributed by atoms with Crippen molar-refractivity contribution in [3.8, 4) is 0 Å². The average molecular weight is 392 g/mol. The topological polar surface area (TPSA) is 90.6 Å². The standard InChI is InChI=1S/C20H33N5O3/c1-3-16-13-18(23-22-16)20(27)24-10-6-17(7-11-24)25-9-4-5-15(14-25)19(26)21-8-12-28-2/h13,15,17H,3-12,14H2,1-2H3,(H,21,26)(H,22,23). The van der Waals surface area contributed by atoms with Crippen LogP contribution in [-0.4, -0.2) is 84.3 Å². The summed E-state index contributed by atoms with van der Waals surface area (Å²) >= 11 is 0. The molecule has 28 heavy (non-hydrogen) atoms. The summed E-state index contributed by atoms with van der Waals surface area (Å²) in [7, 11) is 1.64. The van der Waals surface area contributed by atoms with Crippen LogP contribution < -0.4 is 5.32 Å². The van der Waals surface area contributed by atoms with Crippen molar-refractivity contribution in [3.05, 3.63) is 17.5 Å². The average Bonchev–Trinajstić information content (AvgIpc) is 3.23. The Morgan fingerprint density at radius 2 is 2.07 bits per heavy atom. The molecule has 0 bridgehead atoms. The third-order valence-electron chi connectivity index (χ3n) is 5.93. The van der Waals surface area contributed by atoms with Gasteiger partial charge >= 0.3 is 0 Å². The van der Waals surface area contributed by atoms with Crippen molar-refractivity contribution in [2.75, 3.05) is 46.4 Å². The normalized spacial score (nSPS) is 21.6. The van der Waals surface area contributed by atoms with E-state index in [0.717, 1.165) is 64.0 Å². The van der Waals surface area contributed by atoms with Crippen molar-refractivity contribution in [1.29, 1.82) is 0 Å². The van der Waals surface area contributed by atoms with Crippen LogP contribution in [-0.2, 0) is 16.0 Å². The minimum absolute atomic E-state index is 0.0171. The first kappa shape index (κ1) is 20.8. The molecule has 0 aromatic carbocycles. The molecule has 2 aliphatic rings. The summed E-state index contributed by atoms with van der Waals surface area (Å²) < 4.78 is 5.00. The fraction of sp³-hybridized carbons (Fsp3) is 0.750. The van der Waals surface area contributed by atoms with Crippen LogP contribution in [0.3, 0.4) is 0 Å². The molecule has 0 aliphatic carbocycles. The molecule has 2 saturated heterocycles. The number of aryl methyl sites for hydroxylation is 1. The number of hydrogen-bond acceptors (Lipinski definition) is 5. The van der Waals surface area contributed by atoms with Crippen LogP contribution >= 0.6 is 0 Å². The van der Waals surface area contributed by atoms with Crippen LogP contribution in [0.4, 0.5) is 0 Å². The number of hydrogen-bond donors (Lipinski definition) is 2. The highest BCUT2D eigenvalue weighted by molar-refractivity contribution is 5.92. The maximum Gasteiger partial charge on any atom is 0.274 e. The van der Waals surface area contributed by atoms with Crippen LogP contribution in [0.1, 0.15) is 48.8 Å². The maximum atomic E-state index is 12.6. The van der Waals surface area contributed by atoms with Crippen molar-refractivity contribution in [2.24, 2.45) is 5.92 Å². The van der Waals surface area contributed by atoms with Gasteiger partial charge in [-0.05, 0) is 44.7 Å². The Morgan fingerprint density at radius 3 is 2.75 bits per heavy atom. The maximum absolute atomic E-state index is 12.6. The lowest BCUT2D eigenvalue weighted by atomic mass is 9.93. The summed E-state index contributed by atoms with van der Waals surface area (Å²) in [5, 5.41) is 10.0. The van der Waals surface area contributed by atoms with Crippen LogP contribution in [0, 0.1) is 5.92 Å². The van der Waals surface area contributed by atoms with E-state index in [1.54, 1.807) is 7.11 Å². The first-order chi connectivity index (χ1) is 13.6. The van der Waals surface area contributed by atoms with Crippen LogP contribution in [0.5, 0.6) is 0 Å². The summed E-state index contributed by atoms with van der Waals surface area (Å²) in [6, 6.07) is 2.30. The van der Waals surface area contributed by atoms with E-state index in [1.807, 2.05) is 17.9 Å². The first-order valence-corrected chi connectivity index (χ1v) is 10.5. The van der Waals surface area contributed by atoms with E-state index >= 15 is 0 Å². The van der Waals surface area contributed by atoms with E-state index in [1.165, 1.54) is 0 Å². The van der Waals surface area contributed by atoms with Crippen LogP contribution in [0.25, 0.3) is 0 Å². The van der Waals surface area contributed by atoms with E-state index in [-0.39, 0.29) is 17.7 Å². The number of amides is 2. The fourth-order valence-electron chi connectivity index (χ4n) is 4.22. The molecule has 2 fully saturated rings. The highest BCUT2D eigenvalue weighted by Gasteiger charge is 2.33.